The van der Waals surface area contributed by atoms with Crippen LogP contribution in [-0.4, -0.2) is 15.0 Å². The first-order chi connectivity index (χ1) is 26.0. The first kappa shape index (κ1) is 31.0. The number of rotatable bonds is 5. The van der Waals surface area contributed by atoms with E-state index in [1.54, 1.807) is 22.5 Å². The number of thiophene rings is 1. The maximum atomic E-state index is 9.53. The van der Waals surface area contributed by atoms with Crippen LogP contribution in [0.5, 0.6) is 0 Å². The zero-order valence-corrected chi connectivity index (χ0v) is 31.0. The fourth-order valence-corrected chi connectivity index (χ4v) is 14.8. The number of nitrogens with zero attached hydrogens (tertiary/aromatic N) is 4. The topological polar surface area (TPSA) is 62.5 Å². The normalized spacial score (nSPS) is 32.1. The van der Waals surface area contributed by atoms with Crippen LogP contribution in [0.25, 0.3) is 54.3 Å². The van der Waals surface area contributed by atoms with Crippen LogP contribution < -0.4 is 0 Å². The number of benzene rings is 4. The number of fused-ring (bicyclic) bond motifs is 3. The molecule has 0 atom stereocenters. The van der Waals surface area contributed by atoms with Gasteiger partial charge in [-0.3, -0.25) is 0 Å². The molecule has 8 saturated carbocycles. The summed E-state index contributed by atoms with van der Waals surface area (Å²) in [4.78, 5) is 15.9. The maximum Gasteiger partial charge on any atom is 0.164 e. The third-order valence-corrected chi connectivity index (χ3v) is 16.1. The van der Waals surface area contributed by atoms with Gasteiger partial charge in [0.05, 0.1) is 11.6 Å². The van der Waals surface area contributed by atoms with Gasteiger partial charge in [-0.2, -0.15) is 5.26 Å². The molecule has 0 radical (unpaired) electrons. The van der Waals surface area contributed by atoms with E-state index in [2.05, 4.69) is 78.9 Å². The van der Waals surface area contributed by atoms with Gasteiger partial charge in [0, 0.05) is 36.9 Å². The summed E-state index contributed by atoms with van der Waals surface area (Å²) in [6, 6.07) is 33.2. The number of nitriles is 1. The van der Waals surface area contributed by atoms with Crippen molar-refractivity contribution in [3.63, 3.8) is 0 Å². The summed E-state index contributed by atoms with van der Waals surface area (Å²) >= 11 is 1.74. The average Bonchev–Trinajstić information content (AvgIpc) is 3.54. The molecule has 4 aromatic carbocycles. The largest absolute Gasteiger partial charge is 0.208 e. The van der Waals surface area contributed by atoms with E-state index < -0.39 is 0 Å². The Morgan fingerprint density at radius 3 is 1.49 bits per heavy atom. The van der Waals surface area contributed by atoms with Crippen molar-refractivity contribution in [2.24, 2.45) is 35.5 Å². The van der Waals surface area contributed by atoms with Crippen LogP contribution in [0.3, 0.4) is 0 Å². The molecule has 8 bridgehead atoms. The van der Waals surface area contributed by atoms with Crippen molar-refractivity contribution in [3.05, 3.63) is 102 Å². The first-order valence-electron chi connectivity index (χ1n) is 20.3. The lowest BCUT2D eigenvalue weighted by Crippen LogP contribution is -2.50. The van der Waals surface area contributed by atoms with Crippen LogP contribution in [0.2, 0.25) is 0 Å². The summed E-state index contributed by atoms with van der Waals surface area (Å²) in [6.45, 7) is 0. The van der Waals surface area contributed by atoms with Gasteiger partial charge in [0.1, 0.15) is 0 Å². The molecular weight excluding hydrogens is 665 g/mol. The van der Waals surface area contributed by atoms with E-state index in [0.29, 0.717) is 16.4 Å². The third-order valence-electron chi connectivity index (χ3n) is 15.0. The third kappa shape index (κ3) is 4.94. The Hall–Kier alpha value is -4.40. The standard InChI is InChI=1S/C48H44N4S/c49-27-28-6-8-40-41-9-7-36(19-43(41)53-42(40)16-28)45-50-44(35-4-2-1-3-5-35)51-46(52-45)37-17-38(47-21-29-10-30(22-47)12-31(11-29)23-47)20-39(18-37)48-24-32-13-33(25-48)15-34(14-32)26-48/h1-9,16-20,29-34H,10-15,21-26H2/t29-,30+,31-,32-,33+,34-,47?,48?. The summed E-state index contributed by atoms with van der Waals surface area (Å²) in [5.41, 5.74) is 7.72. The van der Waals surface area contributed by atoms with E-state index in [4.69, 9.17) is 15.0 Å². The van der Waals surface area contributed by atoms with Crippen molar-refractivity contribution in [3.8, 4) is 40.2 Å². The van der Waals surface area contributed by atoms with E-state index in [-0.39, 0.29) is 0 Å². The molecule has 8 aliphatic rings. The maximum absolute atomic E-state index is 9.53. The smallest absolute Gasteiger partial charge is 0.164 e. The highest BCUT2D eigenvalue weighted by molar-refractivity contribution is 7.25. The minimum absolute atomic E-state index is 0.303. The van der Waals surface area contributed by atoms with Gasteiger partial charge in [-0.05, 0) is 165 Å². The molecule has 8 aliphatic carbocycles. The monoisotopic (exact) mass is 708 g/mol. The van der Waals surface area contributed by atoms with Crippen LogP contribution in [-0.2, 0) is 10.8 Å². The van der Waals surface area contributed by atoms with E-state index in [0.717, 1.165) is 68.8 Å². The lowest BCUT2D eigenvalue weighted by molar-refractivity contribution is -0.00832. The van der Waals surface area contributed by atoms with Crippen LogP contribution in [0.15, 0.2) is 84.9 Å². The van der Waals surface area contributed by atoms with Crippen LogP contribution >= 0.6 is 11.3 Å². The van der Waals surface area contributed by atoms with Gasteiger partial charge in [0.25, 0.3) is 0 Å². The van der Waals surface area contributed by atoms with Crippen molar-refractivity contribution >= 4 is 31.5 Å². The summed E-state index contributed by atoms with van der Waals surface area (Å²) in [6.07, 6.45) is 17.0. The molecule has 53 heavy (non-hydrogen) atoms. The molecule has 262 valence electrons. The molecule has 6 aromatic rings. The lowest BCUT2D eigenvalue weighted by Gasteiger charge is -2.58. The molecule has 0 amide bonds. The van der Waals surface area contributed by atoms with Crippen molar-refractivity contribution in [1.29, 1.82) is 5.26 Å². The molecule has 4 nitrogen and oxygen atoms in total. The minimum atomic E-state index is 0.303. The van der Waals surface area contributed by atoms with E-state index in [9.17, 15) is 5.26 Å². The Kier molecular flexibility index (Phi) is 6.62. The Balaban J connectivity index is 1.04. The predicted molar refractivity (Wildman–Crippen MR) is 213 cm³/mol. The van der Waals surface area contributed by atoms with Gasteiger partial charge in [-0.15, -0.1) is 11.3 Å². The molecule has 2 aromatic heterocycles. The summed E-state index contributed by atoms with van der Waals surface area (Å²) < 4.78 is 2.32. The van der Waals surface area contributed by atoms with Gasteiger partial charge in [-0.25, -0.2) is 15.0 Å². The molecule has 0 aliphatic heterocycles. The van der Waals surface area contributed by atoms with Gasteiger partial charge in [-0.1, -0.05) is 54.6 Å². The first-order valence-corrected chi connectivity index (χ1v) is 21.1. The molecule has 0 saturated heterocycles. The zero-order chi connectivity index (χ0) is 34.9. The molecule has 8 fully saturated rings. The molecule has 2 heterocycles. The molecule has 0 spiro atoms. The van der Waals surface area contributed by atoms with E-state index in [1.165, 1.54) is 98.1 Å². The van der Waals surface area contributed by atoms with Crippen LogP contribution in [0, 0.1) is 46.8 Å². The zero-order valence-electron chi connectivity index (χ0n) is 30.2. The Morgan fingerprint density at radius 1 is 0.491 bits per heavy atom. The molecular formula is C48H44N4S. The lowest BCUT2D eigenvalue weighted by atomic mass is 9.46. The molecule has 0 unspecified atom stereocenters. The summed E-state index contributed by atoms with van der Waals surface area (Å²) in [5, 5.41) is 11.9. The van der Waals surface area contributed by atoms with Crippen molar-refractivity contribution in [1.82, 2.24) is 15.0 Å². The Bertz CT molecular complexity index is 2370. The second kappa shape index (κ2) is 11.3. The SMILES string of the molecule is N#Cc1ccc2c(c1)sc1cc(-c3nc(-c4ccccc4)nc(-c4cc(C56C[C@H]7C[C@@H](C5)C[C@@H](C6)C7)cc(C56C[C@H]7C[C@@H](C5)C[C@@H](C6)C7)c4)n3)ccc12. The van der Waals surface area contributed by atoms with Crippen LogP contribution in [0.1, 0.15) is 93.7 Å². The van der Waals surface area contributed by atoms with Crippen molar-refractivity contribution < 1.29 is 0 Å². The van der Waals surface area contributed by atoms with E-state index in [1.807, 2.05) is 12.1 Å². The number of hydrogen-bond acceptors (Lipinski definition) is 5. The predicted octanol–water partition coefficient (Wildman–Crippen LogP) is 12.0. The van der Waals surface area contributed by atoms with Crippen molar-refractivity contribution in [2.45, 2.75) is 87.9 Å². The highest BCUT2D eigenvalue weighted by Gasteiger charge is 2.54. The molecule has 0 N–H and O–H groups in total. The highest BCUT2D eigenvalue weighted by atomic mass is 32.1. The quantitative estimate of drug-likeness (QED) is 0.179. The van der Waals surface area contributed by atoms with Gasteiger partial charge >= 0.3 is 0 Å². The summed E-state index contributed by atoms with van der Waals surface area (Å²) in [5.74, 6) is 7.66. The summed E-state index contributed by atoms with van der Waals surface area (Å²) in [7, 11) is 0. The second-order valence-corrected chi connectivity index (χ2v) is 19.6. The van der Waals surface area contributed by atoms with Gasteiger partial charge in [0.2, 0.25) is 0 Å². The van der Waals surface area contributed by atoms with Crippen molar-refractivity contribution in [2.75, 3.05) is 0 Å². The molecule has 14 rings (SSSR count). The fourth-order valence-electron chi connectivity index (χ4n) is 13.6. The Morgan fingerprint density at radius 2 is 0.962 bits per heavy atom. The molecule has 5 heteroatoms. The van der Waals surface area contributed by atoms with Gasteiger partial charge < -0.3 is 0 Å². The fraction of sp³-hybridized carbons (Fsp3) is 0.417. The minimum Gasteiger partial charge on any atom is -0.208 e. The van der Waals surface area contributed by atoms with Crippen LogP contribution in [0.4, 0.5) is 0 Å². The van der Waals surface area contributed by atoms with Gasteiger partial charge in [0.15, 0.2) is 17.5 Å². The van der Waals surface area contributed by atoms with E-state index >= 15 is 0 Å². The average molecular weight is 709 g/mol. The number of aromatic nitrogens is 3. The highest BCUT2D eigenvalue weighted by Crippen LogP contribution is 2.64. The number of hydrogen-bond donors (Lipinski definition) is 0. The Labute approximate surface area is 315 Å². The second-order valence-electron chi connectivity index (χ2n) is 18.5.